The van der Waals surface area contributed by atoms with Gasteiger partial charge in [0.05, 0.1) is 6.54 Å². The second-order valence-corrected chi connectivity index (χ2v) is 8.11. The van der Waals surface area contributed by atoms with Gasteiger partial charge in [0.2, 0.25) is 6.79 Å². The van der Waals surface area contributed by atoms with Crippen LogP contribution < -0.4 is 14.8 Å². The second-order valence-electron chi connectivity index (χ2n) is 8.11. The number of hydrogen-bond donors (Lipinski definition) is 1. The van der Waals surface area contributed by atoms with Gasteiger partial charge in [0, 0.05) is 24.2 Å². The predicted molar refractivity (Wildman–Crippen MR) is 121 cm³/mol. The molecule has 172 valence electrons. The summed E-state index contributed by atoms with van der Waals surface area (Å²) < 4.78 is 16.0. The van der Waals surface area contributed by atoms with Gasteiger partial charge >= 0.3 is 0 Å². The molecule has 33 heavy (non-hydrogen) atoms. The van der Waals surface area contributed by atoms with Gasteiger partial charge in [-0.1, -0.05) is 35.8 Å². The van der Waals surface area contributed by atoms with Crippen LogP contribution in [0.3, 0.4) is 0 Å². The normalized spacial score (nSPS) is 12.9. The van der Waals surface area contributed by atoms with Crippen LogP contribution in [0, 0.1) is 6.92 Å². The Labute approximate surface area is 192 Å². The zero-order valence-corrected chi connectivity index (χ0v) is 19.0. The van der Waals surface area contributed by atoms with E-state index in [1.807, 2.05) is 63.2 Å². The molecule has 2 amide bonds. The number of carbonyl (C=O) groups excluding carboxylic acids is 2. The first-order chi connectivity index (χ1) is 15.9. The third-order valence-electron chi connectivity index (χ3n) is 5.69. The van der Waals surface area contributed by atoms with E-state index in [9.17, 15) is 9.59 Å². The van der Waals surface area contributed by atoms with E-state index in [1.165, 1.54) is 0 Å². The lowest BCUT2D eigenvalue weighted by Gasteiger charge is -2.27. The molecule has 0 saturated heterocycles. The van der Waals surface area contributed by atoms with Crippen LogP contribution in [0.5, 0.6) is 11.5 Å². The van der Waals surface area contributed by atoms with Gasteiger partial charge in [0.25, 0.3) is 11.8 Å². The minimum absolute atomic E-state index is 0.00723. The highest BCUT2D eigenvalue weighted by atomic mass is 16.7. The molecule has 1 N–H and O–H groups in total. The summed E-state index contributed by atoms with van der Waals surface area (Å²) in [6.45, 7) is 6.73. The number of aromatic nitrogens is 1. The summed E-state index contributed by atoms with van der Waals surface area (Å²) in [4.78, 5) is 27.4. The summed E-state index contributed by atoms with van der Waals surface area (Å²) in [5, 5.41) is 6.72. The average Bonchev–Trinajstić information content (AvgIpc) is 3.49. The fraction of sp³-hybridized carbons (Fsp3) is 0.320. The van der Waals surface area contributed by atoms with Gasteiger partial charge in [-0.2, -0.15) is 0 Å². The van der Waals surface area contributed by atoms with Gasteiger partial charge in [0.15, 0.2) is 23.0 Å². The maximum atomic E-state index is 13.1. The molecular formula is C25H27N3O5. The molecule has 2 heterocycles. The SMILES string of the molecule is CCC(C)N(Cc1cc(C(=O)NCc2ccc3c(c2)OCO3)no1)C(=O)c1ccc(C)cc1. The fourth-order valence-corrected chi connectivity index (χ4v) is 3.50. The van der Waals surface area contributed by atoms with Crippen LogP contribution in [0.2, 0.25) is 0 Å². The summed E-state index contributed by atoms with van der Waals surface area (Å²) in [6, 6.07) is 14.6. The van der Waals surface area contributed by atoms with E-state index in [0.717, 1.165) is 17.5 Å². The number of nitrogens with one attached hydrogen (secondary N) is 1. The van der Waals surface area contributed by atoms with Crippen LogP contribution in [0.4, 0.5) is 0 Å². The minimum atomic E-state index is -0.359. The van der Waals surface area contributed by atoms with Gasteiger partial charge in [-0.3, -0.25) is 9.59 Å². The molecule has 3 aromatic rings. The molecule has 8 heteroatoms. The van der Waals surface area contributed by atoms with Gasteiger partial charge in [-0.25, -0.2) is 0 Å². The standard InChI is InChI=1S/C25H27N3O5/c1-4-17(3)28(25(30)19-8-5-16(2)6-9-19)14-20-12-21(27-33-20)24(29)26-13-18-7-10-22-23(11-18)32-15-31-22/h5-12,17H,4,13-15H2,1-3H3,(H,26,29). The average molecular weight is 450 g/mol. The lowest BCUT2D eigenvalue weighted by Crippen LogP contribution is -2.37. The fourth-order valence-electron chi connectivity index (χ4n) is 3.50. The lowest BCUT2D eigenvalue weighted by molar-refractivity contribution is 0.0651. The number of hydrogen-bond acceptors (Lipinski definition) is 6. The number of fused-ring (bicyclic) bond motifs is 1. The van der Waals surface area contributed by atoms with Crippen molar-refractivity contribution in [2.45, 2.75) is 46.3 Å². The Balaban J connectivity index is 1.40. The molecule has 0 saturated carbocycles. The molecule has 0 bridgehead atoms. The highest BCUT2D eigenvalue weighted by Gasteiger charge is 2.23. The molecule has 1 aromatic heterocycles. The van der Waals surface area contributed by atoms with Gasteiger partial charge < -0.3 is 24.2 Å². The first-order valence-electron chi connectivity index (χ1n) is 10.9. The summed E-state index contributed by atoms with van der Waals surface area (Å²) >= 11 is 0. The van der Waals surface area contributed by atoms with Crippen LogP contribution in [-0.4, -0.2) is 34.7 Å². The van der Waals surface area contributed by atoms with E-state index in [2.05, 4.69) is 10.5 Å². The van der Waals surface area contributed by atoms with Crippen LogP contribution in [0.25, 0.3) is 0 Å². The first kappa shape index (κ1) is 22.4. The largest absolute Gasteiger partial charge is 0.454 e. The van der Waals surface area contributed by atoms with E-state index >= 15 is 0 Å². The molecule has 0 aliphatic carbocycles. The Bertz CT molecular complexity index is 1140. The number of nitrogens with zero attached hydrogens (tertiary/aromatic N) is 2. The van der Waals surface area contributed by atoms with Gasteiger partial charge in [0.1, 0.15) is 0 Å². The smallest absolute Gasteiger partial charge is 0.273 e. The van der Waals surface area contributed by atoms with Crippen molar-refractivity contribution >= 4 is 11.8 Å². The Morgan fingerprint density at radius 1 is 1.09 bits per heavy atom. The van der Waals surface area contributed by atoms with Crippen LogP contribution in [0.15, 0.2) is 53.1 Å². The molecule has 8 nitrogen and oxygen atoms in total. The van der Waals surface area contributed by atoms with E-state index in [-0.39, 0.29) is 36.9 Å². The first-order valence-corrected chi connectivity index (χ1v) is 10.9. The third kappa shape index (κ3) is 5.16. The van der Waals surface area contributed by atoms with Crippen molar-refractivity contribution in [2.75, 3.05) is 6.79 Å². The Morgan fingerprint density at radius 3 is 2.61 bits per heavy atom. The lowest BCUT2D eigenvalue weighted by atomic mass is 10.1. The molecule has 4 rings (SSSR count). The number of rotatable bonds is 8. The minimum Gasteiger partial charge on any atom is -0.454 e. The van der Waals surface area contributed by atoms with Gasteiger partial charge in [-0.05, 0) is 50.1 Å². The van der Waals surface area contributed by atoms with Crippen molar-refractivity contribution in [3.63, 3.8) is 0 Å². The number of carbonyl (C=O) groups is 2. The molecule has 1 aliphatic rings. The predicted octanol–water partition coefficient (Wildman–Crippen LogP) is 4.08. The highest BCUT2D eigenvalue weighted by Crippen LogP contribution is 2.32. The summed E-state index contributed by atoms with van der Waals surface area (Å²) in [6.07, 6.45) is 0.786. The van der Waals surface area contributed by atoms with E-state index < -0.39 is 0 Å². The van der Waals surface area contributed by atoms with E-state index in [0.29, 0.717) is 29.4 Å². The quantitative estimate of drug-likeness (QED) is 0.557. The zero-order valence-electron chi connectivity index (χ0n) is 19.0. The molecule has 1 unspecified atom stereocenters. The van der Waals surface area contributed by atoms with Crippen LogP contribution >= 0.6 is 0 Å². The summed E-state index contributed by atoms with van der Waals surface area (Å²) in [5.74, 6) is 1.35. The van der Waals surface area contributed by atoms with Crippen molar-refractivity contribution in [3.05, 3.63) is 76.7 Å². The summed E-state index contributed by atoms with van der Waals surface area (Å²) in [5.41, 5.74) is 2.75. The van der Waals surface area contributed by atoms with Gasteiger partial charge in [-0.15, -0.1) is 0 Å². The number of aryl methyl sites for hydroxylation is 1. The molecule has 1 atom stereocenters. The Morgan fingerprint density at radius 2 is 1.85 bits per heavy atom. The zero-order chi connectivity index (χ0) is 23.4. The molecule has 1 aliphatic heterocycles. The number of ether oxygens (including phenoxy) is 2. The van der Waals surface area contributed by atoms with Crippen molar-refractivity contribution < 1.29 is 23.6 Å². The summed E-state index contributed by atoms with van der Waals surface area (Å²) in [7, 11) is 0. The molecule has 2 aromatic carbocycles. The molecule has 0 fully saturated rings. The van der Waals surface area contributed by atoms with Crippen LogP contribution in [-0.2, 0) is 13.1 Å². The number of benzene rings is 2. The molecular weight excluding hydrogens is 422 g/mol. The maximum absolute atomic E-state index is 13.1. The van der Waals surface area contributed by atoms with Crippen molar-refractivity contribution in [1.29, 1.82) is 0 Å². The van der Waals surface area contributed by atoms with Crippen LogP contribution in [0.1, 0.15) is 58.0 Å². The third-order valence-corrected chi connectivity index (χ3v) is 5.69. The maximum Gasteiger partial charge on any atom is 0.273 e. The topological polar surface area (TPSA) is 93.9 Å². The highest BCUT2D eigenvalue weighted by molar-refractivity contribution is 5.94. The molecule has 0 spiro atoms. The Hall–Kier alpha value is -3.81. The van der Waals surface area contributed by atoms with Crippen molar-refractivity contribution in [3.8, 4) is 11.5 Å². The van der Waals surface area contributed by atoms with Crippen molar-refractivity contribution in [1.82, 2.24) is 15.4 Å². The van der Waals surface area contributed by atoms with E-state index in [4.69, 9.17) is 14.0 Å². The Kier molecular flexibility index (Phi) is 6.63. The second kappa shape index (κ2) is 9.77. The number of amides is 2. The monoisotopic (exact) mass is 449 g/mol. The van der Waals surface area contributed by atoms with E-state index in [1.54, 1.807) is 11.0 Å². The molecule has 0 radical (unpaired) electrons. The van der Waals surface area contributed by atoms with Crippen molar-refractivity contribution in [2.24, 2.45) is 0 Å².